The summed E-state index contributed by atoms with van der Waals surface area (Å²) in [5.74, 6) is -0.696. The Morgan fingerprint density at radius 3 is 2.57 bits per heavy atom. The first-order valence-electron chi connectivity index (χ1n) is 9.04. The summed E-state index contributed by atoms with van der Waals surface area (Å²) in [5, 5.41) is 19.0. The zero-order valence-electron chi connectivity index (χ0n) is 15.7. The number of aromatic nitrogens is 1. The third-order valence-electron chi connectivity index (χ3n) is 5.12. The number of hydrogen-bond donors (Lipinski definition) is 2. The van der Waals surface area contributed by atoms with Gasteiger partial charge in [-0.25, -0.2) is 22.5 Å². The SMILES string of the molecule is Cc1cc(S(=O)(=O)N[C@H]2CC[C@](C)(O)CC2)ccc1-c1ccc(F)c(C#N)n1. The van der Waals surface area contributed by atoms with Crippen molar-refractivity contribution in [2.24, 2.45) is 0 Å². The first kappa shape index (κ1) is 20.4. The van der Waals surface area contributed by atoms with Gasteiger partial charge in [0.05, 0.1) is 16.2 Å². The van der Waals surface area contributed by atoms with E-state index < -0.39 is 21.4 Å². The van der Waals surface area contributed by atoms with Gasteiger partial charge in [0.2, 0.25) is 10.0 Å². The highest BCUT2D eigenvalue weighted by Gasteiger charge is 2.31. The normalized spacial score (nSPS) is 22.6. The molecule has 1 fully saturated rings. The third-order valence-corrected chi connectivity index (χ3v) is 6.64. The molecule has 0 bridgehead atoms. The fraction of sp³-hybridized carbons (Fsp3) is 0.400. The van der Waals surface area contributed by atoms with Crippen LogP contribution in [0.2, 0.25) is 0 Å². The van der Waals surface area contributed by atoms with E-state index in [0.717, 1.165) is 0 Å². The van der Waals surface area contributed by atoms with E-state index in [-0.39, 0.29) is 16.6 Å². The summed E-state index contributed by atoms with van der Waals surface area (Å²) in [6.07, 6.45) is 2.27. The summed E-state index contributed by atoms with van der Waals surface area (Å²) in [4.78, 5) is 4.13. The number of nitriles is 1. The number of nitrogens with one attached hydrogen (secondary N) is 1. The van der Waals surface area contributed by atoms with E-state index in [0.29, 0.717) is 42.5 Å². The zero-order chi connectivity index (χ0) is 20.5. The molecular weight excluding hydrogens is 381 g/mol. The lowest BCUT2D eigenvalue weighted by molar-refractivity contribution is 0.0163. The minimum Gasteiger partial charge on any atom is -0.390 e. The minimum absolute atomic E-state index is 0.133. The van der Waals surface area contributed by atoms with Gasteiger partial charge in [-0.2, -0.15) is 5.26 Å². The van der Waals surface area contributed by atoms with Crippen molar-refractivity contribution in [3.63, 3.8) is 0 Å². The number of halogens is 1. The molecule has 0 aliphatic heterocycles. The van der Waals surface area contributed by atoms with Crippen molar-refractivity contribution in [2.45, 2.75) is 56.1 Å². The van der Waals surface area contributed by atoms with E-state index >= 15 is 0 Å². The van der Waals surface area contributed by atoms with Crippen LogP contribution in [0.3, 0.4) is 0 Å². The van der Waals surface area contributed by atoms with E-state index in [9.17, 15) is 17.9 Å². The second-order valence-electron chi connectivity index (χ2n) is 7.51. The highest BCUT2D eigenvalue weighted by atomic mass is 32.2. The van der Waals surface area contributed by atoms with Crippen LogP contribution in [0.1, 0.15) is 43.9 Å². The lowest BCUT2D eigenvalue weighted by Gasteiger charge is -2.33. The van der Waals surface area contributed by atoms with Crippen molar-refractivity contribution in [2.75, 3.05) is 0 Å². The summed E-state index contributed by atoms with van der Waals surface area (Å²) >= 11 is 0. The van der Waals surface area contributed by atoms with Crippen molar-refractivity contribution in [1.82, 2.24) is 9.71 Å². The maximum atomic E-state index is 13.5. The highest BCUT2D eigenvalue weighted by molar-refractivity contribution is 7.89. The van der Waals surface area contributed by atoms with Crippen molar-refractivity contribution in [3.05, 3.63) is 47.4 Å². The number of aliphatic hydroxyl groups is 1. The van der Waals surface area contributed by atoms with Crippen molar-refractivity contribution in [1.29, 1.82) is 5.26 Å². The van der Waals surface area contributed by atoms with Crippen molar-refractivity contribution in [3.8, 4) is 17.3 Å². The molecule has 0 saturated heterocycles. The number of hydrogen-bond acceptors (Lipinski definition) is 5. The van der Waals surface area contributed by atoms with Gasteiger partial charge in [-0.05, 0) is 69.4 Å². The van der Waals surface area contributed by atoms with Gasteiger partial charge in [0.1, 0.15) is 6.07 Å². The largest absolute Gasteiger partial charge is 0.390 e. The van der Waals surface area contributed by atoms with Crippen LogP contribution in [-0.4, -0.2) is 30.2 Å². The van der Waals surface area contributed by atoms with Crippen molar-refractivity contribution >= 4 is 10.0 Å². The maximum Gasteiger partial charge on any atom is 0.240 e. The summed E-state index contributed by atoms with van der Waals surface area (Å²) in [6.45, 7) is 3.50. The van der Waals surface area contributed by atoms with E-state index in [2.05, 4.69) is 9.71 Å². The van der Waals surface area contributed by atoms with Gasteiger partial charge in [0, 0.05) is 11.6 Å². The van der Waals surface area contributed by atoms with Crippen molar-refractivity contribution < 1.29 is 17.9 Å². The molecule has 8 heteroatoms. The standard InChI is InChI=1S/C20H22FN3O3S/c1-13-11-15(28(26,27)24-14-7-9-20(2,25)10-8-14)3-4-16(13)18-6-5-17(21)19(12-22)23-18/h3-6,11,14,24-25H,7-10H2,1-2H3/t14-,20-. The summed E-state index contributed by atoms with van der Waals surface area (Å²) in [5.41, 5.74) is 0.650. The quantitative estimate of drug-likeness (QED) is 0.817. The number of nitrogens with zero attached hydrogens (tertiary/aromatic N) is 2. The van der Waals surface area contributed by atoms with Crippen LogP contribution in [0, 0.1) is 24.1 Å². The average molecular weight is 403 g/mol. The highest BCUT2D eigenvalue weighted by Crippen LogP contribution is 2.29. The molecular formula is C20H22FN3O3S. The van der Waals surface area contributed by atoms with Crippen LogP contribution in [0.5, 0.6) is 0 Å². The first-order chi connectivity index (χ1) is 13.1. The van der Waals surface area contributed by atoms with Crippen LogP contribution in [0.4, 0.5) is 4.39 Å². The van der Waals surface area contributed by atoms with E-state index in [1.54, 1.807) is 26.0 Å². The molecule has 148 valence electrons. The molecule has 2 aromatic rings. The molecule has 0 amide bonds. The van der Waals surface area contributed by atoms with Gasteiger partial charge in [0.25, 0.3) is 0 Å². The predicted octanol–water partition coefficient (Wildman–Crippen LogP) is 3.04. The number of aryl methyl sites for hydroxylation is 1. The fourth-order valence-electron chi connectivity index (χ4n) is 3.41. The predicted molar refractivity (Wildman–Crippen MR) is 102 cm³/mol. The Hall–Kier alpha value is -2.34. The Morgan fingerprint density at radius 1 is 1.29 bits per heavy atom. The second-order valence-corrected chi connectivity index (χ2v) is 9.22. The first-order valence-corrected chi connectivity index (χ1v) is 10.5. The molecule has 2 N–H and O–H groups in total. The smallest absolute Gasteiger partial charge is 0.240 e. The zero-order valence-corrected chi connectivity index (χ0v) is 16.6. The van der Waals surface area contributed by atoms with Crippen LogP contribution < -0.4 is 4.72 Å². The average Bonchev–Trinajstić information content (AvgIpc) is 2.64. The Bertz CT molecular complexity index is 1040. The molecule has 1 aliphatic carbocycles. The second kappa shape index (κ2) is 7.59. The van der Waals surface area contributed by atoms with Gasteiger partial charge in [-0.1, -0.05) is 6.07 Å². The molecule has 0 unspecified atom stereocenters. The summed E-state index contributed by atoms with van der Waals surface area (Å²) in [6, 6.07) is 8.74. The molecule has 0 spiro atoms. The molecule has 1 aromatic heterocycles. The molecule has 3 rings (SSSR count). The Morgan fingerprint density at radius 2 is 1.96 bits per heavy atom. The Balaban J connectivity index is 1.83. The molecule has 0 radical (unpaired) electrons. The van der Waals surface area contributed by atoms with Crippen LogP contribution in [0.25, 0.3) is 11.3 Å². The lowest BCUT2D eigenvalue weighted by atomic mass is 9.84. The van der Waals surface area contributed by atoms with Gasteiger partial charge >= 0.3 is 0 Å². The maximum absolute atomic E-state index is 13.5. The molecule has 6 nitrogen and oxygen atoms in total. The molecule has 1 heterocycles. The minimum atomic E-state index is -3.70. The lowest BCUT2D eigenvalue weighted by Crippen LogP contribution is -2.42. The van der Waals surface area contributed by atoms with Gasteiger partial charge in [-0.15, -0.1) is 0 Å². The Kier molecular flexibility index (Phi) is 5.53. The van der Waals surface area contributed by atoms with E-state index in [1.165, 1.54) is 24.3 Å². The monoisotopic (exact) mass is 403 g/mol. The molecule has 28 heavy (non-hydrogen) atoms. The van der Waals surface area contributed by atoms with Crippen LogP contribution in [0.15, 0.2) is 35.2 Å². The number of pyridine rings is 1. The van der Waals surface area contributed by atoms with Crippen LogP contribution in [-0.2, 0) is 10.0 Å². The molecule has 1 aromatic carbocycles. The van der Waals surface area contributed by atoms with E-state index in [1.807, 2.05) is 0 Å². The number of rotatable bonds is 4. The molecule has 0 atom stereocenters. The third kappa shape index (κ3) is 4.38. The number of benzene rings is 1. The Labute approximate surface area is 164 Å². The summed E-state index contributed by atoms with van der Waals surface area (Å²) in [7, 11) is -3.70. The summed E-state index contributed by atoms with van der Waals surface area (Å²) < 4.78 is 41.7. The topological polar surface area (TPSA) is 103 Å². The van der Waals surface area contributed by atoms with E-state index in [4.69, 9.17) is 5.26 Å². The fourth-order valence-corrected chi connectivity index (χ4v) is 4.80. The van der Waals surface area contributed by atoms with Crippen LogP contribution >= 0.6 is 0 Å². The number of sulfonamides is 1. The van der Waals surface area contributed by atoms with Gasteiger partial charge < -0.3 is 5.11 Å². The van der Waals surface area contributed by atoms with Gasteiger partial charge in [0.15, 0.2) is 11.5 Å². The molecule has 1 saturated carbocycles. The van der Waals surface area contributed by atoms with Gasteiger partial charge in [-0.3, -0.25) is 0 Å². The molecule has 1 aliphatic rings.